The molecule has 1 amide bonds. The van der Waals surface area contributed by atoms with Crippen molar-refractivity contribution in [3.8, 4) is 5.75 Å². The van der Waals surface area contributed by atoms with Gasteiger partial charge in [-0.1, -0.05) is 19.1 Å². The molecule has 1 aromatic carbocycles. The number of imidazole rings is 1. The minimum atomic E-state index is 0.0418. The van der Waals surface area contributed by atoms with Crippen molar-refractivity contribution in [2.75, 3.05) is 26.2 Å². The van der Waals surface area contributed by atoms with Crippen LogP contribution in [0.2, 0.25) is 0 Å². The molecule has 8 nitrogen and oxygen atoms in total. The van der Waals surface area contributed by atoms with E-state index in [-0.39, 0.29) is 11.9 Å². The summed E-state index contributed by atoms with van der Waals surface area (Å²) in [5.74, 6) is 2.47. The van der Waals surface area contributed by atoms with E-state index in [1.54, 1.807) is 6.92 Å². The molecule has 1 aliphatic carbocycles. The Bertz CT molecular complexity index is 1100. The number of hydrazine groups is 1. The molecule has 194 valence electrons. The molecule has 0 bridgehead atoms. The van der Waals surface area contributed by atoms with Gasteiger partial charge in [0.2, 0.25) is 5.91 Å². The summed E-state index contributed by atoms with van der Waals surface area (Å²) >= 11 is 0. The predicted molar refractivity (Wildman–Crippen MR) is 141 cm³/mol. The summed E-state index contributed by atoms with van der Waals surface area (Å²) < 4.78 is 0. The van der Waals surface area contributed by atoms with Crippen LogP contribution < -0.4 is 16.2 Å². The van der Waals surface area contributed by atoms with Gasteiger partial charge >= 0.3 is 0 Å². The molecule has 5 rings (SSSR count). The van der Waals surface area contributed by atoms with E-state index in [9.17, 15) is 9.90 Å². The number of nitrogens with one attached hydrogen (secondary N) is 4. The third-order valence-corrected chi connectivity index (χ3v) is 8.26. The summed E-state index contributed by atoms with van der Waals surface area (Å²) in [6, 6.07) is 6.50. The van der Waals surface area contributed by atoms with Crippen LogP contribution in [0.1, 0.15) is 80.6 Å². The lowest BCUT2D eigenvalue weighted by atomic mass is 9.73. The van der Waals surface area contributed by atoms with Gasteiger partial charge < -0.3 is 15.4 Å². The molecule has 3 heterocycles. The minimum absolute atomic E-state index is 0.0418. The smallest absolute Gasteiger partial charge is 0.216 e. The number of aryl methyl sites for hydroxylation is 1. The summed E-state index contributed by atoms with van der Waals surface area (Å²) in [5, 5.41) is 12.8. The van der Waals surface area contributed by atoms with Crippen LogP contribution in [0.4, 0.5) is 0 Å². The lowest BCUT2D eigenvalue weighted by Gasteiger charge is -2.33. The average Bonchev–Trinajstić information content (AvgIpc) is 3.53. The molecule has 3 aliphatic rings. The molecular formula is C28H40N6O2. The van der Waals surface area contributed by atoms with Crippen LogP contribution in [0.5, 0.6) is 5.75 Å². The highest BCUT2D eigenvalue weighted by molar-refractivity contribution is 5.72. The maximum Gasteiger partial charge on any atom is 0.216 e. The molecule has 4 atom stereocenters. The van der Waals surface area contributed by atoms with Gasteiger partial charge in [-0.3, -0.25) is 15.1 Å². The fourth-order valence-electron chi connectivity index (χ4n) is 6.30. The second kappa shape index (κ2) is 11.2. The van der Waals surface area contributed by atoms with Gasteiger partial charge in [-0.25, -0.2) is 10.4 Å². The lowest BCUT2D eigenvalue weighted by Crippen LogP contribution is -2.35. The Labute approximate surface area is 213 Å². The Hall–Kier alpha value is -2.68. The molecule has 0 radical (unpaired) electrons. The monoisotopic (exact) mass is 492 g/mol. The maximum atomic E-state index is 11.0. The SMILES string of the molecule is CCc1cc(O)ccc1C1CCC2C(C1)NNC2c1ncc(C2=CCN(CCCNC(C)=O)CC2)[nH]1. The fraction of sp³-hybridized carbons (Fsp3) is 0.571. The molecule has 8 heteroatoms. The molecule has 2 aromatic rings. The van der Waals surface area contributed by atoms with E-state index in [0.29, 0.717) is 23.6 Å². The number of fused-ring (bicyclic) bond motifs is 1. The van der Waals surface area contributed by atoms with Crippen LogP contribution in [-0.4, -0.2) is 58.1 Å². The van der Waals surface area contributed by atoms with Crippen LogP contribution in [0.3, 0.4) is 0 Å². The number of aromatic nitrogens is 2. The van der Waals surface area contributed by atoms with Gasteiger partial charge in [0.05, 0.1) is 17.9 Å². The van der Waals surface area contributed by atoms with E-state index in [2.05, 4.69) is 45.1 Å². The third kappa shape index (κ3) is 5.51. The molecule has 2 aliphatic heterocycles. The summed E-state index contributed by atoms with van der Waals surface area (Å²) in [7, 11) is 0. The number of phenols is 1. The molecule has 4 unspecified atom stereocenters. The normalized spacial score (nSPS) is 26.4. The summed E-state index contributed by atoms with van der Waals surface area (Å²) in [4.78, 5) is 21.9. The number of benzene rings is 1. The van der Waals surface area contributed by atoms with Crippen LogP contribution in [-0.2, 0) is 11.2 Å². The van der Waals surface area contributed by atoms with Crippen LogP contribution in [0.15, 0.2) is 30.5 Å². The average molecular weight is 493 g/mol. The first-order valence-electron chi connectivity index (χ1n) is 13.6. The summed E-state index contributed by atoms with van der Waals surface area (Å²) in [5.41, 5.74) is 12.3. The number of nitrogens with zero attached hydrogens (tertiary/aromatic N) is 2. The van der Waals surface area contributed by atoms with E-state index in [4.69, 9.17) is 4.98 Å². The Morgan fingerprint density at radius 3 is 2.94 bits per heavy atom. The highest BCUT2D eigenvalue weighted by Crippen LogP contribution is 2.44. The lowest BCUT2D eigenvalue weighted by molar-refractivity contribution is -0.118. The fourth-order valence-corrected chi connectivity index (χ4v) is 6.30. The second-order valence-electron chi connectivity index (χ2n) is 10.6. The van der Waals surface area contributed by atoms with E-state index in [1.807, 2.05) is 18.3 Å². The molecule has 1 aromatic heterocycles. The van der Waals surface area contributed by atoms with Crippen molar-refractivity contribution in [3.05, 3.63) is 53.1 Å². The Balaban J connectivity index is 1.17. The molecular weight excluding hydrogens is 452 g/mol. The van der Waals surface area contributed by atoms with E-state index < -0.39 is 0 Å². The quantitative estimate of drug-likeness (QED) is 0.362. The number of aromatic amines is 1. The number of H-pyrrole nitrogens is 1. The standard InChI is InChI=1S/C28H40N6O2/c1-3-19-15-22(36)6-8-23(19)21-5-7-24-25(16-21)32-33-27(24)28-30-17-26(31-28)20-9-13-34(14-10-20)12-4-11-29-18(2)35/h6,8-9,15,17,21,24-25,27,32-33,36H,3-5,7,10-14,16H2,1-2H3,(H,29,35)(H,30,31). The largest absolute Gasteiger partial charge is 0.508 e. The van der Waals surface area contributed by atoms with Crippen molar-refractivity contribution in [2.45, 2.75) is 70.4 Å². The summed E-state index contributed by atoms with van der Waals surface area (Å²) in [6.07, 6.45) is 10.7. The first-order valence-corrected chi connectivity index (χ1v) is 13.6. The zero-order valence-corrected chi connectivity index (χ0v) is 21.5. The van der Waals surface area contributed by atoms with E-state index in [1.165, 1.54) is 16.7 Å². The summed E-state index contributed by atoms with van der Waals surface area (Å²) in [6.45, 7) is 7.45. The zero-order chi connectivity index (χ0) is 25.1. The number of rotatable bonds is 8. The van der Waals surface area contributed by atoms with E-state index in [0.717, 1.165) is 76.2 Å². The Morgan fingerprint density at radius 2 is 2.17 bits per heavy atom. The van der Waals surface area contributed by atoms with Gasteiger partial charge in [0.1, 0.15) is 11.6 Å². The van der Waals surface area contributed by atoms with Gasteiger partial charge in [0.25, 0.3) is 0 Å². The number of phenolic OH excluding ortho intramolecular Hbond substituents is 1. The minimum Gasteiger partial charge on any atom is -0.508 e. The van der Waals surface area contributed by atoms with Crippen molar-refractivity contribution in [3.63, 3.8) is 0 Å². The predicted octanol–water partition coefficient (Wildman–Crippen LogP) is 3.39. The first-order chi connectivity index (χ1) is 17.5. The maximum absolute atomic E-state index is 11.0. The molecule has 1 saturated carbocycles. The first kappa shape index (κ1) is 25.0. The molecule has 1 saturated heterocycles. The van der Waals surface area contributed by atoms with Crippen molar-refractivity contribution in [1.82, 2.24) is 31.0 Å². The van der Waals surface area contributed by atoms with Crippen LogP contribution >= 0.6 is 0 Å². The van der Waals surface area contributed by atoms with Gasteiger partial charge in [0.15, 0.2) is 0 Å². The molecule has 2 fully saturated rings. The molecule has 36 heavy (non-hydrogen) atoms. The van der Waals surface area contributed by atoms with Crippen molar-refractivity contribution in [1.29, 1.82) is 0 Å². The Kier molecular flexibility index (Phi) is 7.74. The number of carbonyl (C=O) groups excluding carboxylic acids is 1. The van der Waals surface area contributed by atoms with Gasteiger partial charge in [-0.15, -0.1) is 0 Å². The van der Waals surface area contributed by atoms with Crippen molar-refractivity contribution >= 4 is 11.5 Å². The van der Waals surface area contributed by atoms with Gasteiger partial charge in [-0.2, -0.15) is 0 Å². The number of hydrogen-bond donors (Lipinski definition) is 5. The topological polar surface area (TPSA) is 105 Å². The number of hydrogen-bond acceptors (Lipinski definition) is 6. The Morgan fingerprint density at radius 1 is 1.28 bits per heavy atom. The van der Waals surface area contributed by atoms with E-state index >= 15 is 0 Å². The zero-order valence-electron chi connectivity index (χ0n) is 21.5. The van der Waals surface area contributed by atoms with Crippen molar-refractivity contribution in [2.24, 2.45) is 5.92 Å². The third-order valence-electron chi connectivity index (χ3n) is 8.26. The van der Waals surface area contributed by atoms with Crippen LogP contribution in [0.25, 0.3) is 5.57 Å². The molecule has 5 N–H and O–H groups in total. The van der Waals surface area contributed by atoms with Gasteiger partial charge in [-0.05, 0) is 79.2 Å². The second-order valence-corrected chi connectivity index (χ2v) is 10.6. The van der Waals surface area contributed by atoms with Crippen LogP contribution in [0, 0.1) is 5.92 Å². The number of aromatic hydroxyl groups is 1. The van der Waals surface area contributed by atoms with Crippen molar-refractivity contribution < 1.29 is 9.90 Å². The molecule has 0 spiro atoms. The highest BCUT2D eigenvalue weighted by Gasteiger charge is 2.42. The van der Waals surface area contributed by atoms with Gasteiger partial charge in [0, 0.05) is 39.1 Å². The number of amides is 1. The highest BCUT2D eigenvalue weighted by atomic mass is 16.3. The number of carbonyl (C=O) groups is 1.